The average molecular weight is 207 g/mol. The van der Waals surface area contributed by atoms with Gasteiger partial charge in [-0.05, 0) is 24.8 Å². The van der Waals surface area contributed by atoms with Crippen molar-refractivity contribution in [1.29, 1.82) is 0 Å². The Labute approximate surface area is 85.6 Å². The van der Waals surface area contributed by atoms with Gasteiger partial charge in [0.25, 0.3) is 0 Å². The molecule has 0 spiro atoms. The molecule has 0 aliphatic carbocycles. The van der Waals surface area contributed by atoms with Gasteiger partial charge in [-0.1, -0.05) is 0 Å². The highest BCUT2D eigenvalue weighted by molar-refractivity contribution is 7.99. The second kappa shape index (κ2) is 3.71. The van der Waals surface area contributed by atoms with Crippen molar-refractivity contribution in [1.82, 2.24) is 9.97 Å². The number of anilines is 1. The van der Waals surface area contributed by atoms with E-state index in [-0.39, 0.29) is 0 Å². The van der Waals surface area contributed by atoms with E-state index < -0.39 is 0 Å². The van der Waals surface area contributed by atoms with Crippen molar-refractivity contribution in [2.45, 2.75) is 17.0 Å². The molecule has 0 bridgehead atoms. The first-order chi connectivity index (χ1) is 6.75. The maximum atomic E-state index is 5.48. The molecular weight excluding hydrogens is 198 g/mol. The molecule has 4 nitrogen and oxygen atoms in total. The Morgan fingerprint density at radius 3 is 2.64 bits per heavy atom. The first kappa shape index (κ1) is 9.08. The minimum Gasteiger partial charge on any atom is -0.468 e. The second-order valence-electron chi connectivity index (χ2n) is 2.74. The van der Waals surface area contributed by atoms with E-state index >= 15 is 0 Å². The highest BCUT2D eigenvalue weighted by atomic mass is 32.2. The van der Waals surface area contributed by atoms with E-state index in [0.29, 0.717) is 10.8 Å². The third-order valence-corrected chi connectivity index (χ3v) is 2.70. The second-order valence-corrected chi connectivity index (χ2v) is 3.75. The summed E-state index contributed by atoms with van der Waals surface area (Å²) in [6.07, 6.45) is 4.82. The normalized spacial score (nSPS) is 10.4. The third-order valence-electron chi connectivity index (χ3n) is 1.66. The first-order valence-electron chi connectivity index (χ1n) is 4.05. The fraction of sp³-hybridized carbons (Fsp3) is 0.111. The molecule has 2 rings (SSSR count). The SMILES string of the molecule is Cc1occc1Sc1ncc(N)cn1. The molecule has 0 fully saturated rings. The van der Waals surface area contributed by atoms with E-state index in [1.807, 2.05) is 13.0 Å². The lowest BCUT2D eigenvalue weighted by molar-refractivity contribution is 0.527. The lowest BCUT2D eigenvalue weighted by Gasteiger charge is -1.97. The number of rotatable bonds is 2. The minimum atomic E-state index is 0.568. The van der Waals surface area contributed by atoms with Crippen molar-refractivity contribution in [3.05, 3.63) is 30.5 Å². The number of nitrogen functional groups attached to an aromatic ring is 1. The maximum absolute atomic E-state index is 5.48. The molecule has 5 heteroatoms. The number of nitrogens with zero attached hydrogens (tertiary/aromatic N) is 2. The van der Waals surface area contributed by atoms with E-state index in [1.54, 1.807) is 18.7 Å². The van der Waals surface area contributed by atoms with Gasteiger partial charge < -0.3 is 10.2 Å². The fourth-order valence-corrected chi connectivity index (χ4v) is 1.68. The fourth-order valence-electron chi connectivity index (χ4n) is 0.956. The lowest BCUT2D eigenvalue weighted by atomic mass is 10.5. The molecule has 2 N–H and O–H groups in total. The zero-order valence-corrected chi connectivity index (χ0v) is 8.41. The summed E-state index contributed by atoms with van der Waals surface area (Å²) in [5.74, 6) is 0.871. The van der Waals surface area contributed by atoms with Gasteiger partial charge in [0.2, 0.25) is 0 Å². The van der Waals surface area contributed by atoms with Crippen LogP contribution in [-0.4, -0.2) is 9.97 Å². The van der Waals surface area contributed by atoms with Crippen molar-refractivity contribution in [3.8, 4) is 0 Å². The van der Waals surface area contributed by atoms with Crippen molar-refractivity contribution in [2.24, 2.45) is 0 Å². The number of hydrogen-bond donors (Lipinski definition) is 1. The number of hydrogen-bond acceptors (Lipinski definition) is 5. The van der Waals surface area contributed by atoms with Gasteiger partial charge in [0, 0.05) is 0 Å². The molecule has 0 amide bonds. The molecule has 0 atom stereocenters. The van der Waals surface area contributed by atoms with Crippen molar-refractivity contribution in [2.75, 3.05) is 5.73 Å². The molecular formula is C9H9N3OS. The Balaban J connectivity index is 2.19. The van der Waals surface area contributed by atoms with E-state index in [0.717, 1.165) is 10.7 Å². The largest absolute Gasteiger partial charge is 0.468 e. The Bertz CT molecular complexity index is 424. The Hall–Kier alpha value is -1.49. The topological polar surface area (TPSA) is 64.9 Å². The number of nitrogens with two attached hydrogens (primary N) is 1. The van der Waals surface area contributed by atoms with Crippen LogP contribution in [-0.2, 0) is 0 Å². The quantitative estimate of drug-likeness (QED) is 0.764. The standard InChI is InChI=1S/C9H9N3OS/c1-6-8(2-3-13-6)14-9-11-4-7(10)5-12-9/h2-5H,10H2,1H3. The summed E-state index contributed by atoms with van der Waals surface area (Å²) in [4.78, 5) is 9.18. The van der Waals surface area contributed by atoms with Crippen LogP contribution in [0.3, 0.4) is 0 Å². The van der Waals surface area contributed by atoms with Gasteiger partial charge >= 0.3 is 0 Å². The molecule has 0 saturated carbocycles. The van der Waals surface area contributed by atoms with Crippen LogP contribution in [0.1, 0.15) is 5.76 Å². The van der Waals surface area contributed by atoms with Crippen molar-refractivity contribution < 1.29 is 4.42 Å². The van der Waals surface area contributed by atoms with Crippen molar-refractivity contribution in [3.63, 3.8) is 0 Å². The summed E-state index contributed by atoms with van der Waals surface area (Å²) in [6, 6.07) is 1.89. The van der Waals surface area contributed by atoms with Crippen molar-refractivity contribution >= 4 is 17.4 Å². The van der Waals surface area contributed by atoms with Gasteiger partial charge in [-0.15, -0.1) is 0 Å². The summed E-state index contributed by atoms with van der Waals surface area (Å²) in [5.41, 5.74) is 6.05. The van der Waals surface area contributed by atoms with E-state index in [1.165, 1.54) is 11.8 Å². The van der Waals surface area contributed by atoms with Gasteiger partial charge in [-0.3, -0.25) is 0 Å². The summed E-state index contributed by atoms with van der Waals surface area (Å²) >= 11 is 1.46. The molecule has 2 aromatic heterocycles. The van der Waals surface area contributed by atoms with Crippen LogP contribution in [0.5, 0.6) is 0 Å². The van der Waals surface area contributed by atoms with Crippen LogP contribution in [0.15, 0.2) is 39.2 Å². The van der Waals surface area contributed by atoms with Gasteiger partial charge in [0.15, 0.2) is 5.16 Å². The van der Waals surface area contributed by atoms with Crippen LogP contribution in [0.4, 0.5) is 5.69 Å². The van der Waals surface area contributed by atoms with E-state index in [4.69, 9.17) is 10.2 Å². The monoisotopic (exact) mass is 207 g/mol. The Kier molecular flexibility index (Phi) is 2.41. The number of aromatic nitrogens is 2. The van der Waals surface area contributed by atoms with Crippen LogP contribution in [0.2, 0.25) is 0 Å². The summed E-state index contributed by atoms with van der Waals surface area (Å²) in [6.45, 7) is 1.90. The molecule has 72 valence electrons. The minimum absolute atomic E-state index is 0.568. The summed E-state index contributed by atoms with van der Waals surface area (Å²) < 4.78 is 5.16. The van der Waals surface area contributed by atoms with Crippen LogP contribution < -0.4 is 5.73 Å². The number of furan rings is 1. The molecule has 0 radical (unpaired) electrons. The van der Waals surface area contributed by atoms with Crippen LogP contribution >= 0.6 is 11.8 Å². The molecule has 0 unspecified atom stereocenters. The predicted molar refractivity (Wildman–Crippen MR) is 54.0 cm³/mol. The Morgan fingerprint density at radius 2 is 2.07 bits per heavy atom. The first-order valence-corrected chi connectivity index (χ1v) is 4.87. The highest BCUT2D eigenvalue weighted by Crippen LogP contribution is 2.27. The van der Waals surface area contributed by atoms with Crippen LogP contribution in [0.25, 0.3) is 0 Å². The van der Waals surface area contributed by atoms with Crippen LogP contribution in [0, 0.1) is 6.92 Å². The molecule has 14 heavy (non-hydrogen) atoms. The highest BCUT2D eigenvalue weighted by Gasteiger charge is 2.05. The van der Waals surface area contributed by atoms with Gasteiger partial charge in [0.05, 0.1) is 29.2 Å². The summed E-state index contributed by atoms with van der Waals surface area (Å²) in [5, 5.41) is 0.670. The molecule has 0 aliphatic heterocycles. The predicted octanol–water partition coefficient (Wildman–Crippen LogP) is 2.11. The molecule has 0 saturated heterocycles. The molecule has 2 heterocycles. The molecule has 2 aromatic rings. The van der Waals surface area contributed by atoms with Gasteiger partial charge in [-0.2, -0.15) is 0 Å². The van der Waals surface area contributed by atoms with E-state index in [2.05, 4.69) is 9.97 Å². The lowest BCUT2D eigenvalue weighted by Crippen LogP contribution is -1.90. The summed E-state index contributed by atoms with van der Waals surface area (Å²) in [7, 11) is 0. The Morgan fingerprint density at radius 1 is 1.36 bits per heavy atom. The number of aryl methyl sites for hydroxylation is 1. The zero-order chi connectivity index (χ0) is 9.97. The third kappa shape index (κ3) is 1.88. The average Bonchev–Trinajstić information content (AvgIpc) is 2.56. The molecule has 0 aliphatic rings. The van der Waals surface area contributed by atoms with Gasteiger partial charge in [-0.25, -0.2) is 9.97 Å². The zero-order valence-electron chi connectivity index (χ0n) is 7.60. The molecule has 0 aromatic carbocycles. The van der Waals surface area contributed by atoms with Gasteiger partial charge in [0.1, 0.15) is 5.76 Å². The van der Waals surface area contributed by atoms with E-state index in [9.17, 15) is 0 Å². The smallest absolute Gasteiger partial charge is 0.192 e. The maximum Gasteiger partial charge on any atom is 0.192 e.